The highest BCUT2D eigenvalue weighted by atomic mass is 15.1. The van der Waals surface area contributed by atoms with E-state index in [1.54, 1.807) is 0 Å². The van der Waals surface area contributed by atoms with Crippen LogP contribution in [-0.2, 0) is 6.54 Å². The van der Waals surface area contributed by atoms with Gasteiger partial charge in [0.2, 0.25) is 0 Å². The first-order valence-corrected chi connectivity index (χ1v) is 6.90. The Morgan fingerprint density at radius 2 is 2.00 bits per heavy atom. The maximum absolute atomic E-state index is 8.88. The fourth-order valence-electron chi connectivity index (χ4n) is 2.86. The Bertz CT molecular complexity index is 439. The average molecular weight is 242 g/mol. The molecule has 0 heterocycles. The zero-order chi connectivity index (χ0) is 13.0. The van der Waals surface area contributed by atoms with Crippen molar-refractivity contribution in [2.45, 2.75) is 51.6 Å². The third-order valence-corrected chi connectivity index (χ3v) is 4.09. The predicted octanol–water partition coefficient (Wildman–Crippen LogP) is 3.63. The third kappa shape index (κ3) is 3.11. The van der Waals surface area contributed by atoms with E-state index in [1.165, 1.54) is 43.2 Å². The SMILES string of the molecule is Cc1cc(C#N)ccc1CN(C)C1CCCCC1. The van der Waals surface area contributed by atoms with E-state index in [1.807, 2.05) is 12.1 Å². The van der Waals surface area contributed by atoms with Crippen LogP contribution in [0.25, 0.3) is 0 Å². The molecule has 2 rings (SSSR count). The molecule has 0 radical (unpaired) electrons. The topological polar surface area (TPSA) is 27.0 Å². The Balaban J connectivity index is 2.02. The standard InChI is InChI=1S/C16H22N2/c1-13-10-14(11-17)8-9-15(13)12-18(2)16-6-4-3-5-7-16/h8-10,16H,3-7,12H2,1-2H3. The Morgan fingerprint density at radius 1 is 1.28 bits per heavy atom. The molecule has 0 bridgehead atoms. The van der Waals surface area contributed by atoms with E-state index in [4.69, 9.17) is 5.26 Å². The second-order valence-electron chi connectivity index (χ2n) is 5.46. The Morgan fingerprint density at radius 3 is 2.61 bits per heavy atom. The summed E-state index contributed by atoms with van der Waals surface area (Å²) in [4.78, 5) is 2.48. The van der Waals surface area contributed by atoms with Gasteiger partial charge in [-0.05, 0) is 50.1 Å². The van der Waals surface area contributed by atoms with E-state index in [9.17, 15) is 0 Å². The van der Waals surface area contributed by atoms with Gasteiger partial charge in [0.1, 0.15) is 0 Å². The van der Waals surface area contributed by atoms with E-state index in [0.717, 1.165) is 18.2 Å². The molecule has 1 aliphatic rings. The van der Waals surface area contributed by atoms with Crippen LogP contribution in [0.5, 0.6) is 0 Å². The molecule has 1 aromatic rings. The Kier molecular flexibility index (Phi) is 4.38. The minimum atomic E-state index is 0.744. The minimum Gasteiger partial charge on any atom is -0.299 e. The maximum Gasteiger partial charge on any atom is 0.0991 e. The van der Waals surface area contributed by atoms with Crippen molar-refractivity contribution >= 4 is 0 Å². The molecule has 1 saturated carbocycles. The quantitative estimate of drug-likeness (QED) is 0.809. The van der Waals surface area contributed by atoms with E-state index >= 15 is 0 Å². The number of rotatable bonds is 3. The first-order valence-electron chi connectivity index (χ1n) is 6.90. The summed E-state index contributed by atoms with van der Waals surface area (Å²) in [6.45, 7) is 3.10. The molecule has 0 aliphatic heterocycles. The monoisotopic (exact) mass is 242 g/mol. The fourth-order valence-corrected chi connectivity index (χ4v) is 2.86. The van der Waals surface area contributed by atoms with Crippen LogP contribution >= 0.6 is 0 Å². The molecular weight excluding hydrogens is 220 g/mol. The molecule has 18 heavy (non-hydrogen) atoms. The molecule has 0 unspecified atom stereocenters. The summed E-state index contributed by atoms with van der Waals surface area (Å²) < 4.78 is 0. The third-order valence-electron chi connectivity index (χ3n) is 4.09. The van der Waals surface area contributed by atoms with Crippen LogP contribution in [0.2, 0.25) is 0 Å². The lowest BCUT2D eigenvalue weighted by Crippen LogP contribution is -2.33. The van der Waals surface area contributed by atoms with Gasteiger partial charge in [0.05, 0.1) is 11.6 Å². The van der Waals surface area contributed by atoms with Crippen molar-refractivity contribution in [1.29, 1.82) is 5.26 Å². The van der Waals surface area contributed by atoms with Gasteiger partial charge in [0.25, 0.3) is 0 Å². The summed E-state index contributed by atoms with van der Waals surface area (Å²) in [5.41, 5.74) is 3.34. The summed E-state index contributed by atoms with van der Waals surface area (Å²) in [6, 6.07) is 8.96. The molecule has 0 amide bonds. The molecule has 1 aliphatic carbocycles. The summed E-state index contributed by atoms with van der Waals surface area (Å²) in [7, 11) is 2.23. The Labute approximate surface area is 110 Å². The van der Waals surface area contributed by atoms with E-state index in [-0.39, 0.29) is 0 Å². The molecule has 0 aromatic heterocycles. The molecule has 1 aromatic carbocycles. The lowest BCUT2D eigenvalue weighted by atomic mass is 9.94. The van der Waals surface area contributed by atoms with Crippen molar-refractivity contribution in [2.75, 3.05) is 7.05 Å². The highest BCUT2D eigenvalue weighted by molar-refractivity contribution is 5.37. The van der Waals surface area contributed by atoms with Crippen LogP contribution in [0.4, 0.5) is 0 Å². The predicted molar refractivity (Wildman–Crippen MR) is 74.2 cm³/mol. The van der Waals surface area contributed by atoms with Crippen LogP contribution in [0.15, 0.2) is 18.2 Å². The summed E-state index contributed by atoms with van der Waals surface area (Å²) >= 11 is 0. The zero-order valence-corrected chi connectivity index (χ0v) is 11.4. The minimum absolute atomic E-state index is 0.744. The van der Waals surface area contributed by atoms with Gasteiger partial charge in [-0.15, -0.1) is 0 Å². The van der Waals surface area contributed by atoms with Crippen molar-refractivity contribution in [3.63, 3.8) is 0 Å². The van der Waals surface area contributed by atoms with Crippen LogP contribution in [0, 0.1) is 18.3 Å². The lowest BCUT2D eigenvalue weighted by Gasteiger charge is -2.31. The number of nitrogens with zero attached hydrogens (tertiary/aromatic N) is 2. The average Bonchev–Trinajstić information content (AvgIpc) is 2.42. The van der Waals surface area contributed by atoms with Gasteiger partial charge >= 0.3 is 0 Å². The highest BCUT2D eigenvalue weighted by Crippen LogP contribution is 2.23. The number of aryl methyl sites for hydroxylation is 1. The molecule has 2 heteroatoms. The first kappa shape index (κ1) is 13.1. The smallest absolute Gasteiger partial charge is 0.0991 e. The van der Waals surface area contributed by atoms with E-state index < -0.39 is 0 Å². The number of hydrogen-bond donors (Lipinski definition) is 0. The number of nitriles is 1. The van der Waals surface area contributed by atoms with Crippen LogP contribution in [-0.4, -0.2) is 18.0 Å². The van der Waals surface area contributed by atoms with Crippen molar-refractivity contribution in [3.8, 4) is 6.07 Å². The van der Waals surface area contributed by atoms with Gasteiger partial charge in [-0.3, -0.25) is 4.90 Å². The van der Waals surface area contributed by atoms with E-state index in [0.29, 0.717) is 0 Å². The summed E-state index contributed by atoms with van der Waals surface area (Å²) in [5.74, 6) is 0. The zero-order valence-electron chi connectivity index (χ0n) is 11.4. The van der Waals surface area contributed by atoms with Crippen LogP contribution < -0.4 is 0 Å². The fraction of sp³-hybridized carbons (Fsp3) is 0.562. The van der Waals surface area contributed by atoms with Gasteiger partial charge in [-0.2, -0.15) is 5.26 Å². The van der Waals surface area contributed by atoms with Gasteiger partial charge < -0.3 is 0 Å². The highest BCUT2D eigenvalue weighted by Gasteiger charge is 2.18. The molecule has 0 atom stereocenters. The molecule has 0 N–H and O–H groups in total. The normalized spacial score (nSPS) is 16.8. The van der Waals surface area contributed by atoms with E-state index in [2.05, 4.69) is 31.0 Å². The van der Waals surface area contributed by atoms with Gasteiger partial charge in [0.15, 0.2) is 0 Å². The van der Waals surface area contributed by atoms with Gasteiger partial charge in [-0.1, -0.05) is 25.3 Å². The molecule has 0 saturated heterocycles. The second kappa shape index (κ2) is 6.02. The van der Waals surface area contributed by atoms with Crippen molar-refractivity contribution in [1.82, 2.24) is 4.90 Å². The van der Waals surface area contributed by atoms with Gasteiger partial charge in [0, 0.05) is 12.6 Å². The van der Waals surface area contributed by atoms with Gasteiger partial charge in [-0.25, -0.2) is 0 Å². The molecular formula is C16H22N2. The molecule has 1 fully saturated rings. The Hall–Kier alpha value is -1.33. The summed E-state index contributed by atoms with van der Waals surface area (Å²) in [6.07, 6.45) is 6.83. The first-order chi connectivity index (χ1) is 8.70. The summed E-state index contributed by atoms with van der Waals surface area (Å²) in [5, 5.41) is 8.88. The lowest BCUT2D eigenvalue weighted by molar-refractivity contribution is 0.184. The second-order valence-corrected chi connectivity index (χ2v) is 5.46. The van der Waals surface area contributed by atoms with Crippen molar-refractivity contribution in [2.24, 2.45) is 0 Å². The number of hydrogen-bond acceptors (Lipinski definition) is 2. The molecule has 96 valence electrons. The molecule has 2 nitrogen and oxygen atoms in total. The maximum atomic E-state index is 8.88. The van der Waals surface area contributed by atoms with Crippen LogP contribution in [0.3, 0.4) is 0 Å². The van der Waals surface area contributed by atoms with Crippen LogP contribution in [0.1, 0.15) is 48.8 Å². The largest absolute Gasteiger partial charge is 0.299 e. The number of benzene rings is 1. The molecule has 0 spiro atoms. The van der Waals surface area contributed by atoms with Crippen molar-refractivity contribution < 1.29 is 0 Å². The van der Waals surface area contributed by atoms with Crippen molar-refractivity contribution in [3.05, 3.63) is 34.9 Å².